The van der Waals surface area contributed by atoms with E-state index in [1.165, 1.54) is 36.5 Å². The zero-order valence-corrected chi connectivity index (χ0v) is 15.6. The van der Waals surface area contributed by atoms with Gasteiger partial charge in [0.25, 0.3) is 5.91 Å². The predicted molar refractivity (Wildman–Crippen MR) is 102 cm³/mol. The number of nitrogens with one attached hydrogen (secondary N) is 1. The van der Waals surface area contributed by atoms with Crippen LogP contribution in [0, 0.1) is 17.7 Å². The molecular formula is C22H16F4N2O. The van der Waals surface area contributed by atoms with Gasteiger partial charge in [0.2, 0.25) is 0 Å². The average molecular weight is 400 g/mol. The Hall–Kier alpha value is -3.40. The topological polar surface area (TPSA) is 42.0 Å². The van der Waals surface area contributed by atoms with Gasteiger partial charge in [-0.2, -0.15) is 13.2 Å². The van der Waals surface area contributed by atoms with Gasteiger partial charge in [-0.3, -0.25) is 9.78 Å². The van der Waals surface area contributed by atoms with E-state index < -0.39 is 29.0 Å². The third-order valence-electron chi connectivity index (χ3n) is 4.08. The van der Waals surface area contributed by atoms with Crippen LogP contribution in [0.15, 0.2) is 54.7 Å². The SMILES string of the molecule is CC(C)(C#Cc1ccc(C(F)(F)F)cc1)NC(=O)c1cnc2c(F)cccc2c1. The molecule has 0 radical (unpaired) electrons. The molecule has 7 heteroatoms. The van der Waals surface area contributed by atoms with Crippen LogP contribution in [0.5, 0.6) is 0 Å². The average Bonchev–Trinajstić information content (AvgIpc) is 2.66. The van der Waals surface area contributed by atoms with E-state index in [0.717, 1.165) is 12.1 Å². The van der Waals surface area contributed by atoms with Crippen molar-refractivity contribution in [2.45, 2.75) is 25.6 Å². The number of pyridine rings is 1. The van der Waals surface area contributed by atoms with Crippen LogP contribution >= 0.6 is 0 Å². The highest BCUT2D eigenvalue weighted by Gasteiger charge is 2.29. The molecule has 0 spiro atoms. The first-order valence-electron chi connectivity index (χ1n) is 8.62. The molecule has 0 saturated heterocycles. The fourth-order valence-electron chi connectivity index (χ4n) is 2.61. The molecule has 0 atom stereocenters. The summed E-state index contributed by atoms with van der Waals surface area (Å²) in [5.41, 5.74) is -0.909. The minimum atomic E-state index is -4.41. The van der Waals surface area contributed by atoms with Crippen LogP contribution in [0.25, 0.3) is 10.9 Å². The maximum atomic E-state index is 13.7. The zero-order chi connectivity index (χ0) is 21.2. The molecule has 0 aliphatic heterocycles. The van der Waals surface area contributed by atoms with Crippen molar-refractivity contribution in [1.82, 2.24) is 10.3 Å². The molecule has 1 amide bonds. The number of fused-ring (bicyclic) bond motifs is 1. The summed E-state index contributed by atoms with van der Waals surface area (Å²) in [6, 6.07) is 10.4. The summed E-state index contributed by atoms with van der Waals surface area (Å²) in [6.07, 6.45) is -3.13. The number of amides is 1. The zero-order valence-electron chi connectivity index (χ0n) is 15.6. The van der Waals surface area contributed by atoms with Crippen molar-refractivity contribution in [2.24, 2.45) is 0 Å². The van der Waals surface area contributed by atoms with Gasteiger partial charge in [-0.15, -0.1) is 0 Å². The fourth-order valence-corrected chi connectivity index (χ4v) is 2.61. The highest BCUT2D eigenvalue weighted by Crippen LogP contribution is 2.29. The largest absolute Gasteiger partial charge is 0.416 e. The molecule has 0 bridgehead atoms. The molecule has 0 fully saturated rings. The fraction of sp³-hybridized carbons (Fsp3) is 0.182. The normalized spacial score (nSPS) is 11.7. The van der Waals surface area contributed by atoms with Crippen molar-refractivity contribution < 1.29 is 22.4 Å². The molecule has 2 aromatic carbocycles. The van der Waals surface area contributed by atoms with Crippen molar-refractivity contribution in [1.29, 1.82) is 0 Å². The number of aromatic nitrogens is 1. The van der Waals surface area contributed by atoms with E-state index in [-0.39, 0.29) is 11.1 Å². The van der Waals surface area contributed by atoms with Crippen molar-refractivity contribution in [3.8, 4) is 11.8 Å². The van der Waals surface area contributed by atoms with Crippen molar-refractivity contribution in [3.05, 3.63) is 77.2 Å². The standard InChI is InChI=1S/C22H16F4N2O/c1-21(2,11-10-14-6-8-17(9-7-14)22(24,25)26)28-20(29)16-12-15-4-3-5-18(23)19(15)27-13-16/h3-9,12-13H,1-2H3,(H,28,29). The first-order valence-corrected chi connectivity index (χ1v) is 8.62. The van der Waals surface area contributed by atoms with Crippen LogP contribution < -0.4 is 5.32 Å². The summed E-state index contributed by atoms with van der Waals surface area (Å²) in [6.45, 7) is 3.33. The molecule has 1 heterocycles. The quantitative estimate of drug-likeness (QED) is 0.488. The van der Waals surface area contributed by atoms with Crippen LogP contribution in [-0.2, 0) is 6.18 Å². The lowest BCUT2D eigenvalue weighted by Crippen LogP contribution is -2.42. The van der Waals surface area contributed by atoms with Gasteiger partial charge in [0.15, 0.2) is 0 Å². The third-order valence-corrected chi connectivity index (χ3v) is 4.08. The number of carbonyl (C=O) groups is 1. The van der Waals surface area contributed by atoms with Crippen LogP contribution in [0.1, 0.15) is 35.3 Å². The number of alkyl halides is 3. The van der Waals surface area contributed by atoms with Crippen molar-refractivity contribution in [2.75, 3.05) is 0 Å². The summed E-state index contributed by atoms with van der Waals surface area (Å²) in [5, 5.41) is 3.22. The molecule has 1 aromatic heterocycles. The number of nitrogens with zero attached hydrogens (tertiary/aromatic N) is 1. The number of para-hydroxylation sites is 1. The molecule has 3 rings (SSSR count). The third kappa shape index (κ3) is 4.91. The summed E-state index contributed by atoms with van der Waals surface area (Å²) in [4.78, 5) is 16.5. The van der Waals surface area contributed by atoms with Gasteiger partial charge >= 0.3 is 6.18 Å². The molecule has 29 heavy (non-hydrogen) atoms. The Morgan fingerprint density at radius 2 is 1.76 bits per heavy atom. The van der Waals surface area contributed by atoms with Crippen LogP contribution in [-0.4, -0.2) is 16.4 Å². The molecule has 0 aliphatic carbocycles. The second-order valence-electron chi connectivity index (χ2n) is 6.94. The second kappa shape index (κ2) is 7.55. The summed E-state index contributed by atoms with van der Waals surface area (Å²) < 4.78 is 51.5. The molecule has 148 valence electrons. The van der Waals surface area contributed by atoms with E-state index in [1.54, 1.807) is 19.9 Å². The Bertz CT molecular complexity index is 1120. The Morgan fingerprint density at radius 1 is 1.07 bits per heavy atom. The van der Waals surface area contributed by atoms with E-state index in [1.807, 2.05) is 0 Å². The number of benzene rings is 2. The van der Waals surface area contributed by atoms with E-state index in [4.69, 9.17) is 0 Å². The first kappa shape index (κ1) is 20.3. The number of hydrogen-bond acceptors (Lipinski definition) is 2. The molecule has 3 aromatic rings. The van der Waals surface area contributed by atoms with Gasteiger partial charge in [-0.1, -0.05) is 24.0 Å². The maximum Gasteiger partial charge on any atom is 0.416 e. The van der Waals surface area contributed by atoms with E-state index in [2.05, 4.69) is 22.1 Å². The highest BCUT2D eigenvalue weighted by molar-refractivity contribution is 5.97. The minimum absolute atomic E-state index is 0.172. The molecular weight excluding hydrogens is 384 g/mol. The number of carbonyl (C=O) groups excluding carboxylic acids is 1. The predicted octanol–water partition coefficient (Wildman–Crippen LogP) is 4.95. The van der Waals surface area contributed by atoms with Gasteiger partial charge in [0.05, 0.1) is 16.7 Å². The van der Waals surface area contributed by atoms with Crippen LogP contribution in [0.4, 0.5) is 17.6 Å². The van der Waals surface area contributed by atoms with E-state index >= 15 is 0 Å². The van der Waals surface area contributed by atoms with E-state index in [0.29, 0.717) is 10.9 Å². The second-order valence-corrected chi connectivity index (χ2v) is 6.94. The lowest BCUT2D eigenvalue weighted by atomic mass is 10.0. The monoisotopic (exact) mass is 400 g/mol. The van der Waals surface area contributed by atoms with Crippen LogP contribution in [0.3, 0.4) is 0 Å². The summed E-state index contributed by atoms with van der Waals surface area (Å²) in [5.74, 6) is 4.67. The minimum Gasteiger partial charge on any atom is -0.336 e. The first-order chi connectivity index (χ1) is 13.5. The maximum absolute atomic E-state index is 13.7. The van der Waals surface area contributed by atoms with Gasteiger partial charge in [0.1, 0.15) is 11.3 Å². The summed E-state index contributed by atoms with van der Waals surface area (Å²) in [7, 11) is 0. The Labute approximate surface area is 164 Å². The van der Waals surface area contributed by atoms with Gasteiger partial charge in [-0.05, 0) is 50.2 Å². The molecule has 0 saturated carbocycles. The number of rotatable bonds is 2. The number of halogens is 4. The van der Waals surface area contributed by atoms with E-state index in [9.17, 15) is 22.4 Å². The Balaban J connectivity index is 1.76. The van der Waals surface area contributed by atoms with Gasteiger partial charge < -0.3 is 5.32 Å². The van der Waals surface area contributed by atoms with Gasteiger partial charge in [0, 0.05) is 17.1 Å². The molecule has 0 aliphatic rings. The number of hydrogen-bond donors (Lipinski definition) is 1. The van der Waals surface area contributed by atoms with Crippen molar-refractivity contribution in [3.63, 3.8) is 0 Å². The Kier molecular flexibility index (Phi) is 5.29. The lowest BCUT2D eigenvalue weighted by Gasteiger charge is -2.20. The van der Waals surface area contributed by atoms with Crippen LogP contribution in [0.2, 0.25) is 0 Å². The van der Waals surface area contributed by atoms with Gasteiger partial charge in [-0.25, -0.2) is 4.39 Å². The lowest BCUT2D eigenvalue weighted by molar-refractivity contribution is -0.137. The molecule has 3 nitrogen and oxygen atoms in total. The Morgan fingerprint density at radius 3 is 2.41 bits per heavy atom. The molecule has 0 unspecified atom stereocenters. The molecule has 1 N–H and O–H groups in total. The summed E-state index contributed by atoms with van der Waals surface area (Å²) >= 11 is 0. The highest BCUT2D eigenvalue weighted by atomic mass is 19.4. The smallest absolute Gasteiger partial charge is 0.336 e. The van der Waals surface area contributed by atoms with Crippen molar-refractivity contribution >= 4 is 16.8 Å².